The van der Waals surface area contributed by atoms with Crippen molar-refractivity contribution in [3.8, 4) is 11.8 Å². The zero-order valence-corrected chi connectivity index (χ0v) is 12.6. The summed E-state index contributed by atoms with van der Waals surface area (Å²) in [6.45, 7) is 3.76. The molecule has 0 spiro atoms. The standard InChI is InChI=1S/C12H18N2O3S2/c1-10(2)14-19(16,17)13-9-12-11(6-8-18-12)5-3-4-7-15/h6,8,10,13-15H,4,7,9H2,1-2H3. The molecule has 0 amide bonds. The lowest BCUT2D eigenvalue weighted by molar-refractivity contribution is 0.305. The first-order valence-corrected chi connectivity index (χ1v) is 8.24. The van der Waals surface area contributed by atoms with Gasteiger partial charge in [0.2, 0.25) is 0 Å². The number of nitrogens with one attached hydrogen (secondary N) is 2. The quantitative estimate of drug-likeness (QED) is 0.681. The molecule has 0 saturated heterocycles. The number of hydrogen-bond acceptors (Lipinski definition) is 4. The van der Waals surface area contributed by atoms with Crippen LogP contribution in [-0.4, -0.2) is 26.2 Å². The molecule has 0 fully saturated rings. The topological polar surface area (TPSA) is 78.4 Å². The highest BCUT2D eigenvalue weighted by atomic mass is 32.2. The van der Waals surface area contributed by atoms with Gasteiger partial charge in [-0.1, -0.05) is 11.8 Å². The SMILES string of the molecule is CC(C)NS(=O)(=O)NCc1sccc1C#CCCO. The molecule has 0 aliphatic carbocycles. The van der Waals surface area contributed by atoms with Crippen LogP contribution in [0.4, 0.5) is 0 Å². The average molecular weight is 302 g/mol. The summed E-state index contributed by atoms with van der Waals surface area (Å²) in [4.78, 5) is 0.861. The molecule has 0 atom stereocenters. The molecule has 0 unspecified atom stereocenters. The Labute approximate surface area is 118 Å². The Balaban J connectivity index is 2.65. The van der Waals surface area contributed by atoms with Crippen molar-refractivity contribution in [2.45, 2.75) is 32.9 Å². The van der Waals surface area contributed by atoms with Crippen molar-refractivity contribution >= 4 is 21.5 Å². The molecule has 1 heterocycles. The van der Waals surface area contributed by atoms with Crippen molar-refractivity contribution in [2.24, 2.45) is 0 Å². The van der Waals surface area contributed by atoms with E-state index < -0.39 is 10.2 Å². The van der Waals surface area contributed by atoms with E-state index in [1.54, 1.807) is 13.8 Å². The molecule has 5 nitrogen and oxygen atoms in total. The van der Waals surface area contributed by atoms with E-state index in [9.17, 15) is 8.42 Å². The van der Waals surface area contributed by atoms with Gasteiger partial charge in [0, 0.05) is 29.4 Å². The zero-order valence-electron chi connectivity index (χ0n) is 10.9. The van der Waals surface area contributed by atoms with Crippen molar-refractivity contribution in [3.63, 3.8) is 0 Å². The van der Waals surface area contributed by atoms with Crippen LogP contribution in [0.1, 0.15) is 30.7 Å². The Hall–Kier alpha value is -0.910. The van der Waals surface area contributed by atoms with Crippen LogP contribution in [0.15, 0.2) is 11.4 Å². The Morgan fingerprint density at radius 2 is 2.21 bits per heavy atom. The molecule has 3 N–H and O–H groups in total. The van der Waals surface area contributed by atoms with Crippen LogP contribution in [0.5, 0.6) is 0 Å². The Kier molecular flexibility index (Phi) is 6.48. The summed E-state index contributed by atoms with van der Waals surface area (Å²) in [5.74, 6) is 5.74. The lowest BCUT2D eigenvalue weighted by atomic mass is 10.2. The van der Waals surface area contributed by atoms with Crippen molar-refractivity contribution in [1.29, 1.82) is 0 Å². The first-order chi connectivity index (χ1) is 8.94. The van der Waals surface area contributed by atoms with Gasteiger partial charge in [-0.3, -0.25) is 0 Å². The van der Waals surface area contributed by atoms with Gasteiger partial charge < -0.3 is 5.11 Å². The van der Waals surface area contributed by atoms with E-state index in [4.69, 9.17) is 5.11 Å². The van der Waals surface area contributed by atoms with Crippen molar-refractivity contribution in [2.75, 3.05) is 6.61 Å². The van der Waals surface area contributed by atoms with Crippen molar-refractivity contribution < 1.29 is 13.5 Å². The maximum Gasteiger partial charge on any atom is 0.277 e. The molecule has 1 aromatic heterocycles. The minimum absolute atomic E-state index is 0.0252. The summed E-state index contributed by atoms with van der Waals surface area (Å²) in [5.41, 5.74) is 0.797. The molecule has 0 bridgehead atoms. The summed E-state index contributed by atoms with van der Waals surface area (Å²) in [6, 6.07) is 1.69. The average Bonchev–Trinajstić information content (AvgIpc) is 2.73. The molecule has 0 aliphatic rings. The lowest BCUT2D eigenvalue weighted by Gasteiger charge is -2.10. The predicted octanol–water partition coefficient (Wildman–Crippen LogP) is 0.814. The van der Waals surface area contributed by atoms with Gasteiger partial charge in [-0.05, 0) is 25.3 Å². The third-order valence-corrected chi connectivity index (χ3v) is 4.25. The van der Waals surface area contributed by atoms with Crippen molar-refractivity contribution in [3.05, 3.63) is 21.9 Å². The van der Waals surface area contributed by atoms with E-state index >= 15 is 0 Å². The minimum Gasteiger partial charge on any atom is -0.395 e. The number of aliphatic hydroxyl groups is 1. The summed E-state index contributed by atoms with van der Waals surface area (Å²) >= 11 is 1.45. The van der Waals surface area contributed by atoms with Gasteiger partial charge in [-0.15, -0.1) is 11.3 Å². The van der Waals surface area contributed by atoms with Gasteiger partial charge >= 0.3 is 0 Å². The monoisotopic (exact) mass is 302 g/mol. The molecular weight excluding hydrogens is 284 g/mol. The van der Waals surface area contributed by atoms with E-state index in [0.29, 0.717) is 6.42 Å². The molecule has 0 radical (unpaired) electrons. The Bertz CT molecular complexity index is 553. The molecule has 7 heteroatoms. The van der Waals surface area contributed by atoms with Gasteiger partial charge in [-0.25, -0.2) is 0 Å². The highest BCUT2D eigenvalue weighted by Gasteiger charge is 2.12. The molecular formula is C12H18N2O3S2. The number of rotatable bonds is 6. The largest absolute Gasteiger partial charge is 0.395 e. The number of thiophene rings is 1. The number of hydrogen-bond donors (Lipinski definition) is 3. The van der Waals surface area contributed by atoms with Crippen LogP contribution in [-0.2, 0) is 16.8 Å². The zero-order chi connectivity index (χ0) is 14.3. The smallest absolute Gasteiger partial charge is 0.277 e. The van der Waals surface area contributed by atoms with E-state index in [1.807, 2.05) is 11.4 Å². The maximum absolute atomic E-state index is 11.6. The summed E-state index contributed by atoms with van der Waals surface area (Å²) in [7, 11) is -3.48. The van der Waals surface area contributed by atoms with Gasteiger partial charge in [0.05, 0.1) is 6.61 Å². The van der Waals surface area contributed by atoms with Gasteiger partial charge in [0.1, 0.15) is 0 Å². The molecule has 1 aromatic rings. The van der Waals surface area contributed by atoms with Crippen molar-refractivity contribution in [1.82, 2.24) is 9.44 Å². The van der Waals surface area contributed by atoms with Gasteiger partial charge in [0.15, 0.2) is 0 Å². The maximum atomic E-state index is 11.6. The highest BCUT2D eigenvalue weighted by Crippen LogP contribution is 2.15. The number of aliphatic hydroxyl groups excluding tert-OH is 1. The fraction of sp³-hybridized carbons (Fsp3) is 0.500. The normalized spacial score (nSPS) is 11.4. The predicted molar refractivity (Wildman–Crippen MR) is 76.9 cm³/mol. The van der Waals surface area contributed by atoms with E-state index in [1.165, 1.54) is 11.3 Å². The fourth-order valence-electron chi connectivity index (χ4n) is 1.32. The first-order valence-electron chi connectivity index (χ1n) is 5.87. The van der Waals surface area contributed by atoms with Gasteiger partial charge in [0.25, 0.3) is 10.2 Å². The van der Waals surface area contributed by atoms with E-state index in [2.05, 4.69) is 21.3 Å². The Morgan fingerprint density at radius 3 is 2.84 bits per heavy atom. The first kappa shape index (κ1) is 16.1. The second kappa shape index (κ2) is 7.62. The van der Waals surface area contributed by atoms with Crippen LogP contribution < -0.4 is 9.44 Å². The minimum atomic E-state index is -3.48. The van der Waals surface area contributed by atoms with Crippen LogP contribution in [0.3, 0.4) is 0 Å². The Morgan fingerprint density at radius 1 is 1.47 bits per heavy atom. The molecule has 106 valence electrons. The van der Waals surface area contributed by atoms with E-state index in [-0.39, 0.29) is 19.2 Å². The van der Waals surface area contributed by atoms with Crippen LogP contribution in [0, 0.1) is 11.8 Å². The molecule has 0 saturated carbocycles. The third-order valence-electron chi connectivity index (χ3n) is 2.02. The lowest BCUT2D eigenvalue weighted by Crippen LogP contribution is -2.39. The summed E-state index contributed by atoms with van der Waals surface area (Å²) in [6.07, 6.45) is 0.413. The summed E-state index contributed by atoms with van der Waals surface area (Å²) in [5, 5.41) is 10.5. The molecule has 19 heavy (non-hydrogen) atoms. The molecule has 0 aromatic carbocycles. The third kappa shape index (κ3) is 6.18. The second-order valence-electron chi connectivity index (χ2n) is 4.13. The van der Waals surface area contributed by atoms with Gasteiger partial charge in [-0.2, -0.15) is 17.9 Å². The van der Waals surface area contributed by atoms with Crippen LogP contribution >= 0.6 is 11.3 Å². The fourth-order valence-corrected chi connectivity index (χ4v) is 3.21. The molecule has 1 rings (SSSR count). The van der Waals surface area contributed by atoms with E-state index in [0.717, 1.165) is 10.4 Å². The second-order valence-corrected chi connectivity index (χ2v) is 6.66. The van der Waals surface area contributed by atoms with Crippen LogP contribution in [0.25, 0.3) is 0 Å². The highest BCUT2D eigenvalue weighted by molar-refractivity contribution is 7.87. The summed E-state index contributed by atoms with van der Waals surface area (Å²) < 4.78 is 28.2. The molecule has 0 aliphatic heterocycles. The van der Waals surface area contributed by atoms with Crippen LogP contribution in [0.2, 0.25) is 0 Å².